The van der Waals surface area contributed by atoms with Gasteiger partial charge < -0.3 is 19.5 Å². The SMILES string of the molecule is CCC/C=C/CCCCCC/C=C/CCC(=O)C[N+](C)(C)CC(O)CC(=O)[O-]. The number of quaternary nitrogens is 1. The molecule has 0 saturated carbocycles. The van der Waals surface area contributed by atoms with E-state index in [0.29, 0.717) is 13.0 Å². The Balaban J connectivity index is 3.73. The van der Waals surface area contributed by atoms with Crippen LogP contribution in [0.3, 0.4) is 0 Å². The molecule has 0 radical (unpaired) electrons. The number of carbonyl (C=O) groups excluding carboxylic acids is 2. The van der Waals surface area contributed by atoms with Crippen LogP contribution in [0.5, 0.6) is 0 Å². The third-order valence-corrected chi connectivity index (χ3v) is 4.58. The molecule has 0 rings (SSSR count). The monoisotopic (exact) mass is 395 g/mol. The largest absolute Gasteiger partial charge is 0.550 e. The van der Waals surface area contributed by atoms with Gasteiger partial charge in [-0.1, -0.05) is 50.5 Å². The molecule has 0 aliphatic carbocycles. The van der Waals surface area contributed by atoms with Crippen LogP contribution in [0.25, 0.3) is 0 Å². The number of aliphatic hydroxyl groups excluding tert-OH is 1. The predicted molar refractivity (Wildman–Crippen MR) is 113 cm³/mol. The highest BCUT2D eigenvalue weighted by Crippen LogP contribution is 2.08. The summed E-state index contributed by atoms with van der Waals surface area (Å²) in [6.07, 6.45) is 18.3. The lowest BCUT2D eigenvalue weighted by Crippen LogP contribution is -2.49. The van der Waals surface area contributed by atoms with Crippen molar-refractivity contribution in [1.82, 2.24) is 0 Å². The summed E-state index contributed by atoms with van der Waals surface area (Å²) < 4.78 is 0.282. The van der Waals surface area contributed by atoms with Crippen LogP contribution in [0.2, 0.25) is 0 Å². The van der Waals surface area contributed by atoms with Crippen molar-refractivity contribution in [3.8, 4) is 0 Å². The Morgan fingerprint density at radius 2 is 1.46 bits per heavy atom. The zero-order valence-electron chi connectivity index (χ0n) is 18.2. The van der Waals surface area contributed by atoms with Crippen molar-refractivity contribution in [1.29, 1.82) is 0 Å². The Hall–Kier alpha value is -1.46. The Kier molecular flexibility index (Phi) is 15.6. The van der Waals surface area contributed by atoms with Crippen LogP contribution in [0, 0.1) is 0 Å². The van der Waals surface area contributed by atoms with E-state index in [0.717, 1.165) is 12.8 Å². The second-order valence-electron chi connectivity index (χ2n) is 8.31. The van der Waals surface area contributed by atoms with Gasteiger partial charge in [0.1, 0.15) is 19.2 Å². The topological polar surface area (TPSA) is 77.4 Å². The first-order valence-electron chi connectivity index (χ1n) is 10.8. The van der Waals surface area contributed by atoms with Gasteiger partial charge in [0.15, 0.2) is 5.78 Å². The summed E-state index contributed by atoms with van der Waals surface area (Å²) in [5.74, 6) is -1.14. The molecule has 162 valence electrons. The Morgan fingerprint density at radius 3 is 2.00 bits per heavy atom. The number of rotatable bonds is 18. The summed E-state index contributed by atoms with van der Waals surface area (Å²) in [7, 11) is 3.65. The number of carboxylic acid groups (broad SMARTS) is 1. The molecule has 0 saturated heterocycles. The first-order chi connectivity index (χ1) is 13.3. The normalized spacial score (nSPS) is 13.4. The molecule has 28 heavy (non-hydrogen) atoms. The maximum atomic E-state index is 12.1. The predicted octanol–water partition coefficient (Wildman–Crippen LogP) is 3.17. The lowest BCUT2D eigenvalue weighted by molar-refractivity contribution is -0.885. The summed E-state index contributed by atoms with van der Waals surface area (Å²) in [5.41, 5.74) is 0. The van der Waals surface area contributed by atoms with Crippen molar-refractivity contribution in [2.75, 3.05) is 27.2 Å². The van der Waals surface area contributed by atoms with Crippen LogP contribution in [0.15, 0.2) is 24.3 Å². The van der Waals surface area contributed by atoms with Crippen molar-refractivity contribution in [2.45, 2.75) is 83.7 Å². The van der Waals surface area contributed by atoms with Gasteiger partial charge in [0.05, 0.1) is 14.1 Å². The highest BCUT2D eigenvalue weighted by molar-refractivity contribution is 5.79. The van der Waals surface area contributed by atoms with E-state index >= 15 is 0 Å². The number of likely N-dealkylation sites (N-methyl/N-ethyl adjacent to an activating group) is 1. The average molecular weight is 396 g/mol. The standard InChI is InChI=1S/C23H41NO4/c1-4-5-6-7-8-9-10-11-12-13-14-15-16-17-21(25)19-24(2,3)20-22(26)18-23(27)28/h6-7,14-15,22,26H,4-5,8-13,16-20H2,1-3H3/b7-6+,15-14+. The highest BCUT2D eigenvalue weighted by Gasteiger charge is 2.23. The number of aliphatic carboxylic acids is 1. The summed E-state index contributed by atoms with van der Waals surface area (Å²) in [5, 5.41) is 20.2. The lowest BCUT2D eigenvalue weighted by atomic mass is 10.1. The second kappa shape index (κ2) is 16.5. The molecule has 0 aromatic rings. The molecule has 1 unspecified atom stereocenters. The molecule has 1 N–H and O–H groups in total. The van der Waals surface area contributed by atoms with Gasteiger partial charge in [0.2, 0.25) is 0 Å². The van der Waals surface area contributed by atoms with Crippen molar-refractivity contribution in [3.63, 3.8) is 0 Å². The maximum Gasteiger partial charge on any atom is 0.187 e. The quantitative estimate of drug-likeness (QED) is 0.220. The van der Waals surface area contributed by atoms with Gasteiger partial charge in [0, 0.05) is 18.8 Å². The molecule has 5 heteroatoms. The zero-order valence-corrected chi connectivity index (χ0v) is 18.2. The van der Waals surface area contributed by atoms with Gasteiger partial charge >= 0.3 is 0 Å². The van der Waals surface area contributed by atoms with Crippen LogP contribution in [0.4, 0.5) is 0 Å². The third kappa shape index (κ3) is 17.9. The molecular weight excluding hydrogens is 354 g/mol. The van der Waals surface area contributed by atoms with E-state index in [4.69, 9.17) is 0 Å². The molecular formula is C23H41NO4. The second-order valence-corrected chi connectivity index (χ2v) is 8.31. The first kappa shape index (κ1) is 26.5. The van der Waals surface area contributed by atoms with Gasteiger partial charge in [0.25, 0.3) is 0 Å². The number of nitrogens with zero attached hydrogens (tertiary/aromatic N) is 1. The van der Waals surface area contributed by atoms with E-state index in [1.165, 1.54) is 44.9 Å². The van der Waals surface area contributed by atoms with Crippen molar-refractivity contribution < 1.29 is 24.3 Å². The van der Waals surface area contributed by atoms with E-state index in [-0.39, 0.29) is 16.8 Å². The molecule has 0 amide bonds. The van der Waals surface area contributed by atoms with Crippen molar-refractivity contribution in [2.24, 2.45) is 0 Å². The summed E-state index contributed by atoms with van der Waals surface area (Å²) in [4.78, 5) is 22.6. The van der Waals surface area contributed by atoms with Gasteiger partial charge in [-0.25, -0.2) is 0 Å². The fourth-order valence-electron chi connectivity index (χ4n) is 3.21. The van der Waals surface area contributed by atoms with Gasteiger partial charge in [-0.15, -0.1) is 0 Å². The fourth-order valence-corrected chi connectivity index (χ4v) is 3.21. The van der Waals surface area contributed by atoms with Crippen molar-refractivity contribution in [3.05, 3.63) is 24.3 Å². The summed E-state index contributed by atoms with van der Waals surface area (Å²) in [6.45, 7) is 2.72. The minimum atomic E-state index is -1.27. The van der Waals surface area contributed by atoms with Crippen LogP contribution in [-0.4, -0.2) is 54.6 Å². The number of allylic oxidation sites excluding steroid dienone is 4. The minimum Gasteiger partial charge on any atom is -0.550 e. The molecule has 0 aromatic heterocycles. The molecule has 0 spiro atoms. The van der Waals surface area contributed by atoms with E-state index in [9.17, 15) is 19.8 Å². The number of carboxylic acids is 1. The molecule has 0 aromatic carbocycles. The lowest BCUT2D eigenvalue weighted by Gasteiger charge is -2.31. The molecule has 0 heterocycles. The number of ketones is 1. The maximum absolute atomic E-state index is 12.1. The van der Waals surface area contributed by atoms with Gasteiger partial charge in [-0.3, -0.25) is 4.79 Å². The van der Waals surface area contributed by atoms with E-state index in [1.54, 1.807) is 0 Å². The van der Waals surface area contributed by atoms with Crippen LogP contribution in [0.1, 0.15) is 77.6 Å². The zero-order chi connectivity index (χ0) is 21.3. The number of Topliss-reactive ketones (excluding diaryl/α,β-unsaturated/α-hetero) is 1. The fraction of sp³-hybridized carbons (Fsp3) is 0.739. The molecule has 0 bridgehead atoms. The van der Waals surface area contributed by atoms with Crippen LogP contribution < -0.4 is 5.11 Å². The average Bonchev–Trinajstić information content (AvgIpc) is 2.57. The van der Waals surface area contributed by atoms with Crippen molar-refractivity contribution >= 4 is 11.8 Å². The van der Waals surface area contributed by atoms with E-state index in [1.807, 2.05) is 14.1 Å². The smallest absolute Gasteiger partial charge is 0.187 e. The van der Waals surface area contributed by atoms with Crippen LogP contribution in [-0.2, 0) is 9.59 Å². The highest BCUT2D eigenvalue weighted by atomic mass is 16.4. The van der Waals surface area contributed by atoms with E-state index in [2.05, 4.69) is 31.2 Å². The van der Waals surface area contributed by atoms with Gasteiger partial charge in [-0.2, -0.15) is 0 Å². The Bertz CT molecular complexity index is 483. The first-order valence-corrected chi connectivity index (χ1v) is 10.8. The molecule has 5 nitrogen and oxygen atoms in total. The summed E-state index contributed by atoms with van der Waals surface area (Å²) >= 11 is 0. The number of unbranched alkanes of at least 4 members (excludes halogenated alkanes) is 6. The Labute approximate surface area is 171 Å². The number of hydrogen-bond donors (Lipinski definition) is 1. The molecule has 1 atom stereocenters. The summed E-state index contributed by atoms with van der Waals surface area (Å²) in [6, 6.07) is 0. The molecule has 0 fully saturated rings. The molecule has 0 aliphatic heterocycles. The molecule has 0 aliphatic rings. The van der Waals surface area contributed by atoms with E-state index < -0.39 is 18.5 Å². The van der Waals surface area contributed by atoms with Gasteiger partial charge in [-0.05, 0) is 38.5 Å². The third-order valence-electron chi connectivity index (χ3n) is 4.58. The van der Waals surface area contributed by atoms with Crippen LogP contribution >= 0.6 is 0 Å². The number of carbonyl (C=O) groups is 2. The minimum absolute atomic E-state index is 0.131. The number of aliphatic hydroxyl groups is 1. The number of hydrogen-bond acceptors (Lipinski definition) is 4. The Morgan fingerprint density at radius 1 is 0.929 bits per heavy atom.